The monoisotopic (exact) mass is 533 g/mol. The molecule has 5 rings (SSSR count). The zero-order valence-corrected chi connectivity index (χ0v) is 22.3. The number of hydrogen-bond acceptors (Lipinski definition) is 6. The van der Waals surface area contributed by atoms with E-state index in [-0.39, 0.29) is 12.4 Å². The van der Waals surface area contributed by atoms with E-state index in [1.165, 1.54) is 12.1 Å². The molecule has 0 aliphatic rings. The second-order valence-corrected chi connectivity index (χ2v) is 9.43. The number of H-pyrrole nitrogens is 1. The lowest BCUT2D eigenvalue weighted by molar-refractivity contribution is 0.270. The Hall–Kier alpha value is -3.88. The predicted molar refractivity (Wildman–Crippen MR) is 148 cm³/mol. The summed E-state index contributed by atoms with van der Waals surface area (Å²) in [6, 6.07) is 15.7. The second-order valence-electron chi connectivity index (χ2n) is 9.02. The molecule has 2 N–H and O–H groups in total. The molecule has 38 heavy (non-hydrogen) atoms. The minimum atomic E-state index is -0.303. The third-order valence-electron chi connectivity index (χ3n) is 6.52. The first kappa shape index (κ1) is 25.8. The van der Waals surface area contributed by atoms with Gasteiger partial charge in [-0.3, -0.25) is 4.90 Å². The van der Waals surface area contributed by atoms with Gasteiger partial charge in [0.05, 0.1) is 29.0 Å². The van der Waals surface area contributed by atoms with Crippen LogP contribution in [0.5, 0.6) is 5.75 Å². The normalized spacial score (nSPS) is 11.4. The van der Waals surface area contributed by atoms with Crippen molar-refractivity contribution in [2.75, 3.05) is 18.4 Å². The van der Waals surface area contributed by atoms with E-state index in [0.29, 0.717) is 16.6 Å². The third kappa shape index (κ3) is 5.51. The highest BCUT2D eigenvalue weighted by Crippen LogP contribution is 2.36. The highest BCUT2D eigenvalue weighted by molar-refractivity contribution is 6.32. The number of aromatic amines is 1. The molecule has 2 aromatic carbocycles. The summed E-state index contributed by atoms with van der Waals surface area (Å²) in [6.07, 6.45) is 1.70. The summed E-state index contributed by atoms with van der Waals surface area (Å²) < 4.78 is 25.4. The van der Waals surface area contributed by atoms with Crippen LogP contribution in [0.2, 0.25) is 5.02 Å². The topological polar surface area (TPSA) is 79.2 Å². The Balaban J connectivity index is 1.36. The van der Waals surface area contributed by atoms with Crippen molar-refractivity contribution in [3.05, 3.63) is 88.5 Å². The van der Waals surface area contributed by atoms with Crippen molar-refractivity contribution in [2.45, 2.75) is 33.9 Å². The number of rotatable bonds is 10. The number of halogens is 2. The molecular weight excluding hydrogens is 505 g/mol. The Morgan fingerprint density at radius 1 is 1.11 bits per heavy atom. The molecule has 0 atom stereocenters. The Bertz CT molecular complexity index is 1560. The molecule has 0 fully saturated rings. The summed E-state index contributed by atoms with van der Waals surface area (Å²) in [6.45, 7) is 9.23. The fourth-order valence-corrected chi connectivity index (χ4v) is 4.67. The van der Waals surface area contributed by atoms with Crippen LogP contribution >= 0.6 is 11.6 Å². The van der Waals surface area contributed by atoms with Crippen molar-refractivity contribution in [1.82, 2.24) is 20.1 Å². The standard InChI is InChI=1S/C29H29ClFN5O2/c1-4-36(5-2)16-22-10-12-26(38-22)28-18(3)27-24(34-28)15-32-35-29(27)33-21-9-11-25(23(30)14-21)37-17-19-7-6-8-20(31)13-19/h6-15,34H,4-5,16-17H2,1-3H3,(H,33,35). The van der Waals surface area contributed by atoms with Crippen molar-refractivity contribution >= 4 is 34.0 Å². The number of furan rings is 1. The van der Waals surface area contributed by atoms with Crippen molar-refractivity contribution in [3.8, 4) is 17.2 Å². The van der Waals surface area contributed by atoms with Crippen LogP contribution in [0, 0.1) is 12.7 Å². The van der Waals surface area contributed by atoms with Crippen LogP contribution < -0.4 is 10.1 Å². The molecule has 0 bridgehead atoms. The van der Waals surface area contributed by atoms with Gasteiger partial charge in [0.2, 0.25) is 0 Å². The van der Waals surface area contributed by atoms with E-state index in [9.17, 15) is 4.39 Å². The number of fused-ring (bicyclic) bond motifs is 1. The number of hydrogen-bond donors (Lipinski definition) is 2. The van der Waals surface area contributed by atoms with E-state index in [1.54, 1.807) is 30.5 Å². The van der Waals surface area contributed by atoms with Gasteiger partial charge < -0.3 is 19.5 Å². The Labute approximate surface area is 225 Å². The molecule has 0 saturated carbocycles. The first-order valence-electron chi connectivity index (χ1n) is 12.5. The quantitative estimate of drug-likeness (QED) is 0.194. The summed E-state index contributed by atoms with van der Waals surface area (Å²) >= 11 is 6.49. The predicted octanol–water partition coefficient (Wildman–Crippen LogP) is 7.48. The van der Waals surface area contributed by atoms with Gasteiger partial charge in [-0.15, -0.1) is 5.10 Å². The lowest BCUT2D eigenvalue weighted by Crippen LogP contribution is -2.21. The second kappa shape index (κ2) is 11.2. The fourth-order valence-electron chi connectivity index (χ4n) is 4.43. The van der Waals surface area contributed by atoms with Crippen LogP contribution in [0.1, 0.15) is 30.7 Å². The van der Waals surface area contributed by atoms with E-state index < -0.39 is 0 Å². The van der Waals surface area contributed by atoms with Gasteiger partial charge >= 0.3 is 0 Å². The van der Waals surface area contributed by atoms with Gasteiger partial charge in [0.25, 0.3) is 0 Å². The first-order chi connectivity index (χ1) is 18.4. The van der Waals surface area contributed by atoms with Crippen molar-refractivity contribution < 1.29 is 13.5 Å². The summed E-state index contributed by atoms with van der Waals surface area (Å²) in [5, 5.41) is 13.2. The SMILES string of the molecule is CCN(CC)Cc1ccc(-c2[nH]c3cnnc(Nc4ccc(OCc5cccc(F)c5)c(Cl)c4)c3c2C)o1. The minimum Gasteiger partial charge on any atom is -0.487 e. The first-order valence-corrected chi connectivity index (χ1v) is 12.9. The molecule has 3 heterocycles. The molecule has 7 nitrogen and oxygen atoms in total. The number of nitrogens with zero attached hydrogens (tertiary/aromatic N) is 3. The summed E-state index contributed by atoms with van der Waals surface area (Å²) in [4.78, 5) is 5.74. The molecule has 3 aromatic heterocycles. The number of ether oxygens (including phenoxy) is 1. The number of aryl methyl sites for hydroxylation is 1. The molecule has 5 aromatic rings. The molecular formula is C29H29ClFN5O2. The van der Waals surface area contributed by atoms with Crippen LogP contribution in [-0.4, -0.2) is 33.2 Å². The lowest BCUT2D eigenvalue weighted by Gasteiger charge is -2.15. The van der Waals surface area contributed by atoms with Crippen LogP contribution in [0.25, 0.3) is 22.4 Å². The van der Waals surface area contributed by atoms with E-state index in [0.717, 1.165) is 64.6 Å². The molecule has 0 aliphatic heterocycles. The Morgan fingerprint density at radius 2 is 1.95 bits per heavy atom. The molecule has 9 heteroatoms. The zero-order chi connectivity index (χ0) is 26.6. The molecule has 196 valence electrons. The van der Waals surface area contributed by atoms with Gasteiger partial charge in [0.1, 0.15) is 23.9 Å². The average Bonchev–Trinajstić information content (AvgIpc) is 3.51. The van der Waals surface area contributed by atoms with Crippen molar-refractivity contribution in [3.63, 3.8) is 0 Å². The van der Waals surface area contributed by atoms with Crippen LogP contribution in [0.3, 0.4) is 0 Å². The Morgan fingerprint density at radius 3 is 2.71 bits per heavy atom. The largest absolute Gasteiger partial charge is 0.487 e. The third-order valence-corrected chi connectivity index (χ3v) is 6.82. The zero-order valence-electron chi connectivity index (χ0n) is 21.5. The highest BCUT2D eigenvalue weighted by Gasteiger charge is 2.18. The fraction of sp³-hybridized carbons (Fsp3) is 0.241. The average molecular weight is 534 g/mol. The molecule has 0 radical (unpaired) electrons. The van der Waals surface area contributed by atoms with Crippen molar-refractivity contribution in [1.29, 1.82) is 0 Å². The maximum absolute atomic E-state index is 13.4. The molecule has 0 amide bonds. The van der Waals surface area contributed by atoms with Gasteiger partial charge in [-0.25, -0.2) is 4.39 Å². The summed E-state index contributed by atoms with van der Waals surface area (Å²) in [7, 11) is 0. The maximum atomic E-state index is 13.4. The van der Waals surface area contributed by atoms with Gasteiger partial charge in [-0.1, -0.05) is 37.6 Å². The number of anilines is 2. The number of benzene rings is 2. The molecule has 0 saturated heterocycles. The van der Waals surface area contributed by atoms with E-state index in [1.807, 2.05) is 25.1 Å². The van der Waals surface area contributed by atoms with Gasteiger partial charge in [0, 0.05) is 11.1 Å². The smallest absolute Gasteiger partial charge is 0.162 e. The van der Waals surface area contributed by atoms with E-state index in [2.05, 4.69) is 39.2 Å². The van der Waals surface area contributed by atoms with Crippen LogP contribution in [0.15, 0.2) is 65.2 Å². The lowest BCUT2D eigenvalue weighted by atomic mass is 10.1. The van der Waals surface area contributed by atoms with Crippen LogP contribution in [0.4, 0.5) is 15.9 Å². The van der Waals surface area contributed by atoms with Gasteiger partial charge in [-0.05, 0) is 73.6 Å². The summed E-state index contributed by atoms with van der Waals surface area (Å²) in [5.41, 5.74) is 4.19. The van der Waals surface area contributed by atoms with Gasteiger partial charge in [0.15, 0.2) is 11.6 Å². The van der Waals surface area contributed by atoms with Crippen molar-refractivity contribution in [2.24, 2.45) is 0 Å². The maximum Gasteiger partial charge on any atom is 0.162 e. The Kier molecular flexibility index (Phi) is 7.62. The van der Waals surface area contributed by atoms with Crippen LogP contribution in [-0.2, 0) is 13.2 Å². The number of nitrogens with one attached hydrogen (secondary N) is 2. The number of aromatic nitrogens is 3. The molecule has 0 spiro atoms. The summed E-state index contributed by atoms with van der Waals surface area (Å²) in [5.74, 6) is 2.49. The minimum absolute atomic E-state index is 0.212. The van der Waals surface area contributed by atoms with E-state index in [4.69, 9.17) is 20.8 Å². The van der Waals surface area contributed by atoms with Gasteiger partial charge in [-0.2, -0.15) is 5.10 Å². The molecule has 0 aliphatic carbocycles. The molecule has 0 unspecified atom stereocenters. The van der Waals surface area contributed by atoms with E-state index >= 15 is 0 Å². The highest BCUT2D eigenvalue weighted by atomic mass is 35.5.